The number of rotatable bonds is 3. The number of benzene rings is 1. The maximum absolute atomic E-state index is 12.9. The fraction of sp³-hybridized carbons (Fsp3) is 0.353. The first-order valence-electron chi connectivity index (χ1n) is 8.01. The summed E-state index contributed by atoms with van der Waals surface area (Å²) in [4.78, 5) is 15.5. The molecule has 2 heterocycles. The van der Waals surface area contributed by atoms with E-state index in [9.17, 15) is 18.0 Å². The maximum Gasteiger partial charge on any atom is 0.416 e. The van der Waals surface area contributed by atoms with E-state index < -0.39 is 11.7 Å². The van der Waals surface area contributed by atoms with Crippen LogP contribution >= 0.6 is 11.6 Å². The van der Waals surface area contributed by atoms with E-state index in [0.717, 1.165) is 12.1 Å². The van der Waals surface area contributed by atoms with E-state index in [1.165, 1.54) is 12.3 Å². The van der Waals surface area contributed by atoms with E-state index >= 15 is 0 Å². The number of halogens is 4. The van der Waals surface area contributed by atoms with Crippen LogP contribution < -0.4 is 10.2 Å². The van der Waals surface area contributed by atoms with Crippen molar-refractivity contribution in [2.75, 3.05) is 31.1 Å². The molecule has 1 aliphatic rings. The number of hydrogen-bond donors (Lipinski definition) is 1. The van der Waals surface area contributed by atoms with Gasteiger partial charge in [0, 0.05) is 26.2 Å². The fourth-order valence-corrected chi connectivity index (χ4v) is 3.01. The van der Waals surface area contributed by atoms with Crippen molar-refractivity contribution in [1.82, 2.24) is 10.2 Å². The average molecular weight is 388 g/mol. The van der Waals surface area contributed by atoms with Gasteiger partial charge >= 0.3 is 12.2 Å². The van der Waals surface area contributed by atoms with Gasteiger partial charge in [-0.1, -0.05) is 11.6 Å². The van der Waals surface area contributed by atoms with Crippen LogP contribution in [0.1, 0.15) is 11.3 Å². The smallest absolute Gasteiger partial charge is 0.416 e. The van der Waals surface area contributed by atoms with E-state index in [4.69, 9.17) is 16.0 Å². The van der Waals surface area contributed by atoms with Crippen molar-refractivity contribution in [3.8, 4) is 0 Å². The number of carbonyl (C=O) groups is 1. The Morgan fingerprint density at radius 3 is 2.54 bits per heavy atom. The van der Waals surface area contributed by atoms with E-state index in [1.807, 2.05) is 0 Å². The molecular formula is C17H17ClF3N3O2. The Morgan fingerprint density at radius 1 is 1.19 bits per heavy atom. The number of furan rings is 1. The van der Waals surface area contributed by atoms with Gasteiger partial charge in [-0.2, -0.15) is 13.2 Å². The van der Waals surface area contributed by atoms with Gasteiger partial charge in [0.15, 0.2) is 0 Å². The highest BCUT2D eigenvalue weighted by atomic mass is 35.5. The molecule has 0 atom stereocenters. The van der Waals surface area contributed by atoms with Gasteiger partial charge in [-0.05, 0) is 30.3 Å². The molecular weight excluding hydrogens is 371 g/mol. The van der Waals surface area contributed by atoms with Gasteiger partial charge in [-0.15, -0.1) is 0 Å². The number of amides is 2. The van der Waals surface area contributed by atoms with Crippen LogP contribution in [0.3, 0.4) is 0 Å². The van der Waals surface area contributed by atoms with Crippen LogP contribution in [0.2, 0.25) is 5.02 Å². The van der Waals surface area contributed by atoms with Crippen LogP contribution in [0.25, 0.3) is 0 Å². The van der Waals surface area contributed by atoms with Crippen LogP contribution in [0.5, 0.6) is 0 Å². The van der Waals surface area contributed by atoms with Gasteiger partial charge < -0.3 is 19.5 Å². The minimum atomic E-state index is -4.42. The molecule has 0 radical (unpaired) electrons. The minimum Gasteiger partial charge on any atom is -0.467 e. The highest BCUT2D eigenvalue weighted by Gasteiger charge is 2.32. The Labute approximate surface area is 153 Å². The molecule has 9 heteroatoms. The van der Waals surface area contributed by atoms with Crippen LogP contribution in [-0.4, -0.2) is 37.1 Å². The molecule has 0 bridgehead atoms. The second-order valence-electron chi connectivity index (χ2n) is 5.88. The lowest BCUT2D eigenvalue weighted by Gasteiger charge is -2.36. The number of anilines is 1. The SMILES string of the molecule is O=C(NCc1ccco1)N1CCN(c2cc(C(F)(F)F)ccc2Cl)CC1. The minimum absolute atomic E-state index is 0.240. The summed E-state index contributed by atoms with van der Waals surface area (Å²) in [6.07, 6.45) is -2.90. The summed E-state index contributed by atoms with van der Waals surface area (Å²) in [5.74, 6) is 0.646. The first-order valence-corrected chi connectivity index (χ1v) is 8.39. The first kappa shape index (κ1) is 18.4. The molecule has 0 saturated carbocycles. The second kappa shape index (κ2) is 7.49. The van der Waals surface area contributed by atoms with Crippen molar-refractivity contribution in [2.24, 2.45) is 0 Å². The summed E-state index contributed by atoms with van der Waals surface area (Å²) in [6.45, 7) is 1.85. The predicted molar refractivity (Wildman–Crippen MR) is 91.2 cm³/mol. The largest absolute Gasteiger partial charge is 0.467 e. The molecule has 2 amide bonds. The van der Waals surface area contributed by atoms with Crippen molar-refractivity contribution < 1.29 is 22.4 Å². The standard InChI is InChI=1S/C17H17ClF3N3O2/c18-14-4-3-12(17(19,20)21)10-15(14)23-5-7-24(8-6-23)16(25)22-11-13-2-1-9-26-13/h1-4,9-10H,5-8,11H2,(H,22,25). The molecule has 0 aliphatic carbocycles. The second-order valence-corrected chi connectivity index (χ2v) is 6.28. The van der Waals surface area contributed by atoms with Crippen LogP contribution in [0, 0.1) is 0 Å². The van der Waals surface area contributed by atoms with Crippen molar-refractivity contribution in [2.45, 2.75) is 12.7 Å². The number of alkyl halides is 3. The summed E-state index contributed by atoms with van der Waals surface area (Å²) >= 11 is 6.07. The number of nitrogens with zero attached hydrogens (tertiary/aromatic N) is 2. The molecule has 5 nitrogen and oxygen atoms in total. The molecule has 1 aromatic carbocycles. The molecule has 1 aromatic heterocycles. The molecule has 1 fully saturated rings. The lowest BCUT2D eigenvalue weighted by molar-refractivity contribution is -0.137. The highest BCUT2D eigenvalue weighted by molar-refractivity contribution is 6.33. The third-order valence-corrected chi connectivity index (χ3v) is 4.49. The molecule has 0 unspecified atom stereocenters. The van der Waals surface area contributed by atoms with Gasteiger partial charge in [0.2, 0.25) is 0 Å². The third-order valence-electron chi connectivity index (χ3n) is 4.17. The van der Waals surface area contributed by atoms with Crippen molar-refractivity contribution in [1.29, 1.82) is 0 Å². The summed E-state index contributed by atoms with van der Waals surface area (Å²) < 4.78 is 43.9. The van der Waals surface area contributed by atoms with Gasteiger partial charge in [-0.3, -0.25) is 0 Å². The van der Waals surface area contributed by atoms with Gasteiger partial charge in [0.1, 0.15) is 5.76 Å². The number of carbonyl (C=O) groups excluding carboxylic acids is 1. The fourth-order valence-electron chi connectivity index (χ4n) is 2.77. The summed E-state index contributed by atoms with van der Waals surface area (Å²) in [5.41, 5.74) is -0.410. The zero-order valence-electron chi connectivity index (χ0n) is 13.7. The maximum atomic E-state index is 12.9. The Bertz CT molecular complexity index is 757. The highest BCUT2D eigenvalue weighted by Crippen LogP contribution is 2.35. The monoisotopic (exact) mass is 387 g/mol. The molecule has 3 rings (SSSR count). The summed E-state index contributed by atoms with van der Waals surface area (Å²) in [5, 5.41) is 3.01. The van der Waals surface area contributed by atoms with E-state index in [2.05, 4.69) is 5.32 Å². The average Bonchev–Trinajstić information content (AvgIpc) is 3.13. The predicted octanol–water partition coefficient (Wildman–Crippen LogP) is 3.98. The molecule has 1 aliphatic heterocycles. The normalized spacial score (nSPS) is 15.2. The first-order chi connectivity index (χ1) is 12.3. The molecule has 1 N–H and O–H groups in total. The van der Waals surface area contributed by atoms with Crippen molar-refractivity contribution in [3.63, 3.8) is 0 Å². The third kappa shape index (κ3) is 4.24. The zero-order chi connectivity index (χ0) is 18.7. The van der Waals surface area contributed by atoms with Gasteiger partial charge in [0.25, 0.3) is 0 Å². The lowest BCUT2D eigenvalue weighted by atomic mass is 10.1. The Morgan fingerprint density at radius 2 is 1.92 bits per heavy atom. The molecule has 1 saturated heterocycles. The quantitative estimate of drug-likeness (QED) is 0.866. The summed E-state index contributed by atoms with van der Waals surface area (Å²) in [6, 6.07) is 6.52. The van der Waals surface area contributed by atoms with Crippen molar-refractivity contribution in [3.05, 3.63) is 52.9 Å². The number of urea groups is 1. The van der Waals surface area contributed by atoms with Crippen LogP contribution in [0.15, 0.2) is 41.0 Å². The van der Waals surface area contributed by atoms with Crippen LogP contribution in [0.4, 0.5) is 23.7 Å². The Balaban J connectivity index is 1.59. The molecule has 0 spiro atoms. The van der Waals surface area contributed by atoms with E-state index in [0.29, 0.717) is 37.6 Å². The molecule has 26 heavy (non-hydrogen) atoms. The van der Waals surface area contributed by atoms with Gasteiger partial charge in [0.05, 0.1) is 29.1 Å². The topological polar surface area (TPSA) is 48.7 Å². The van der Waals surface area contributed by atoms with Crippen molar-refractivity contribution >= 4 is 23.3 Å². The Kier molecular flexibility index (Phi) is 5.31. The number of piperazine rings is 1. The van der Waals surface area contributed by atoms with E-state index in [1.54, 1.807) is 21.9 Å². The summed E-state index contributed by atoms with van der Waals surface area (Å²) in [7, 11) is 0. The van der Waals surface area contributed by atoms with Crippen LogP contribution in [-0.2, 0) is 12.7 Å². The molecule has 2 aromatic rings. The van der Waals surface area contributed by atoms with E-state index in [-0.39, 0.29) is 17.6 Å². The Hall–Kier alpha value is -2.35. The number of hydrogen-bond acceptors (Lipinski definition) is 3. The lowest BCUT2D eigenvalue weighted by Crippen LogP contribution is -2.51. The number of nitrogens with one attached hydrogen (secondary N) is 1. The van der Waals surface area contributed by atoms with Gasteiger partial charge in [-0.25, -0.2) is 4.79 Å². The molecule has 140 valence electrons. The zero-order valence-corrected chi connectivity index (χ0v) is 14.5.